The van der Waals surface area contributed by atoms with Gasteiger partial charge in [-0.15, -0.1) is 11.8 Å². The Morgan fingerprint density at radius 3 is 2.84 bits per heavy atom. The summed E-state index contributed by atoms with van der Waals surface area (Å²) >= 11 is 1.59. The van der Waals surface area contributed by atoms with Gasteiger partial charge in [-0.25, -0.2) is 4.39 Å². The van der Waals surface area contributed by atoms with Gasteiger partial charge in [0.25, 0.3) is 0 Å². The van der Waals surface area contributed by atoms with Gasteiger partial charge in [-0.2, -0.15) is 0 Å². The highest BCUT2D eigenvalue weighted by Crippen LogP contribution is 2.19. The SMILES string of the molecule is CN(C(=O)CCSc1ccc(F)cc1)C1CCNC1. The average molecular weight is 282 g/mol. The monoisotopic (exact) mass is 282 g/mol. The van der Waals surface area contributed by atoms with Crippen molar-refractivity contribution < 1.29 is 9.18 Å². The number of carbonyl (C=O) groups is 1. The third-order valence-electron chi connectivity index (χ3n) is 3.37. The Balaban J connectivity index is 1.72. The van der Waals surface area contributed by atoms with Crippen molar-refractivity contribution in [3.05, 3.63) is 30.1 Å². The first-order valence-corrected chi connectivity index (χ1v) is 7.50. The summed E-state index contributed by atoms with van der Waals surface area (Å²) in [7, 11) is 1.88. The molecule has 1 amide bonds. The van der Waals surface area contributed by atoms with Gasteiger partial charge < -0.3 is 10.2 Å². The van der Waals surface area contributed by atoms with Crippen LogP contribution in [0.4, 0.5) is 4.39 Å². The van der Waals surface area contributed by atoms with Gasteiger partial charge in [0.05, 0.1) is 0 Å². The van der Waals surface area contributed by atoms with Crippen molar-refractivity contribution in [2.45, 2.75) is 23.8 Å². The van der Waals surface area contributed by atoms with Crippen LogP contribution >= 0.6 is 11.8 Å². The summed E-state index contributed by atoms with van der Waals surface area (Å²) in [6.45, 7) is 1.89. The molecular weight excluding hydrogens is 263 g/mol. The number of hydrogen-bond acceptors (Lipinski definition) is 3. The second-order valence-electron chi connectivity index (χ2n) is 4.70. The highest BCUT2D eigenvalue weighted by atomic mass is 32.2. The first-order chi connectivity index (χ1) is 9.16. The molecule has 1 fully saturated rings. The third-order valence-corrected chi connectivity index (χ3v) is 4.39. The van der Waals surface area contributed by atoms with Crippen LogP contribution in [0.15, 0.2) is 29.2 Å². The highest BCUT2D eigenvalue weighted by Gasteiger charge is 2.22. The molecule has 1 atom stereocenters. The molecule has 1 unspecified atom stereocenters. The van der Waals surface area contributed by atoms with Crippen molar-refractivity contribution >= 4 is 17.7 Å². The van der Waals surface area contributed by atoms with E-state index < -0.39 is 0 Å². The molecule has 3 nitrogen and oxygen atoms in total. The predicted molar refractivity (Wildman–Crippen MR) is 75.8 cm³/mol. The second kappa shape index (κ2) is 6.91. The number of amides is 1. The van der Waals surface area contributed by atoms with Crippen molar-refractivity contribution in [1.29, 1.82) is 0 Å². The van der Waals surface area contributed by atoms with Gasteiger partial charge in [0, 0.05) is 36.7 Å². The number of carbonyl (C=O) groups excluding carboxylic acids is 1. The molecule has 5 heteroatoms. The van der Waals surface area contributed by atoms with Crippen molar-refractivity contribution in [1.82, 2.24) is 10.2 Å². The van der Waals surface area contributed by atoms with Crippen molar-refractivity contribution in [2.24, 2.45) is 0 Å². The largest absolute Gasteiger partial charge is 0.341 e. The zero-order chi connectivity index (χ0) is 13.7. The van der Waals surface area contributed by atoms with Crippen LogP contribution in [-0.4, -0.2) is 42.7 Å². The summed E-state index contributed by atoms with van der Waals surface area (Å²) in [6.07, 6.45) is 1.56. The van der Waals surface area contributed by atoms with E-state index in [1.54, 1.807) is 23.9 Å². The third kappa shape index (κ3) is 4.21. The van der Waals surface area contributed by atoms with E-state index in [-0.39, 0.29) is 11.7 Å². The van der Waals surface area contributed by atoms with E-state index in [1.165, 1.54) is 12.1 Å². The Hall–Kier alpha value is -1.07. The van der Waals surface area contributed by atoms with E-state index in [0.717, 1.165) is 30.2 Å². The maximum absolute atomic E-state index is 12.7. The summed E-state index contributed by atoms with van der Waals surface area (Å²) in [5, 5.41) is 3.26. The van der Waals surface area contributed by atoms with Gasteiger partial charge in [0.15, 0.2) is 0 Å². The van der Waals surface area contributed by atoms with Gasteiger partial charge in [-0.05, 0) is 37.2 Å². The van der Waals surface area contributed by atoms with Gasteiger partial charge in [0.1, 0.15) is 5.82 Å². The maximum Gasteiger partial charge on any atom is 0.223 e. The molecule has 1 aromatic carbocycles. The van der Waals surface area contributed by atoms with Crippen LogP contribution in [0.5, 0.6) is 0 Å². The molecule has 1 aromatic rings. The fourth-order valence-electron chi connectivity index (χ4n) is 2.14. The lowest BCUT2D eigenvalue weighted by Crippen LogP contribution is -2.38. The Kier molecular flexibility index (Phi) is 5.22. The minimum absolute atomic E-state index is 0.184. The van der Waals surface area contributed by atoms with Crippen molar-refractivity contribution in [2.75, 3.05) is 25.9 Å². The zero-order valence-corrected chi connectivity index (χ0v) is 11.9. The number of benzene rings is 1. The van der Waals surface area contributed by atoms with Gasteiger partial charge in [-0.1, -0.05) is 0 Å². The van der Waals surface area contributed by atoms with Crippen LogP contribution in [-0.2, 0) is 4.79 Å². The molecule has 1 N–H and O–H groups in total. The fraction of sp³-hybridized carbons (Fsp3) is 0.500. The molecule has 1 aliphatic rings. The normalized spacial score (nSPS) is 18.5. The second-order valence-corrected chi connectivity index (χ2v) is 5.87. The molecule has 0 saturated carbocycles. The number of likely N-dealkylation sites (N-methyl/N-ethyl adjacent to an activating group) is 1. The number of rotatable bonds is 5. The minimum Gasteiger partial charge on any atom is -0.341 e. The van der Waals surface area contributed by atoms with Crippen LogP contribution in [0.3, 0.4) is 0 Å². The van der Waals surface area contributed by atoms with Gasteiger partial charge in [0.2, 0.25) is 5.91 Å². The summed E-state index contributed by atoms with van der Waals surface area (Å²) in [5.41, 5.74) is 0. The average Bonchev–Trinajstić information content (AvgIpc) is 2.94. The Morgan fingerprint density at radius 2 is 2.21 bits per heavy atom. The van der Waals surface area contributed by atoms with Crippen LogP contribution in [0.1, 0.15) is 12.8 Å². The summed E-state index contributed by atoms with van der Waals surface area (Å²) in [5.74, 6) is 0.687. The molecule has 0 radical (unpaired) electrons. The van der Waals surface area contributed by atoms with Crippen molar-refractivity contribution in [3.63, 3.8) is 0 Å². The molecule has 1 saturated heterocycles. The molecule has 0 spiro atoms. The Labute approximate surface area is 117 Å². The molecule has 1 heterocycles. The Bertz CT molecular complexity index is 418. The molecule has 0 bridgehead atoms. The topological polar surface area (TPSA) is 32.3 Å². The van der Waals surface area contributed by atoms with E-state index in [1.807, 2.05) is 11.9 Å². The lowest BCUT2D eigenvalue weighted by molar-refractivity contribution is -0.131. The zero-order valence-electron chi connectivity index (χ0n) is 11.1. The highest BCUT2D eigenvalue weighted by molar-refractivity contribution is 7.99. The summed E-state index contributed by atoms with van der Waals surface area (Å²) in [6, 6.07) is 6.72. The van der Waals surface area contributed by atoms with Crippen LogP contribution in [0, 0.1) is 5.82 Å². The van der Waals surface area contributed by atoms with Crippen LogP contribution < -0.4 is 5.32 Å². The number of nitrogens with zero attached hydrogens (tertiary/aromatic N) is 1. The van der Waals surface area contributed by atoms with E-state index in [9.17, 15) is 9.18 Å². The summed E-state index contributed by atoms with van der Waals surface area (Å²) < 4.78 is 12.7. The molecule has 0 aromatic heterocycles. The molecule has 1 aliphatic heterocycles. The number of nitrogens with one attached hydrogen (secondary N) is 1. The molecule has 0 aliphatic carbocycles. The number of thioether (sulfide) groups is 1. The van der Waals surface area contributed by atoms with Crippen LogP contribution in [0.25, 0.3) is 0 Å². The standard InChI is InChI=1S/C14H19FN2OS/c1-17(12-6-8-16-10-12)14(18)7-9-19-13-4-2-11(15)3-5-13/h2-5,12,16H,6-10H2,1H3. The molecule has 2 rings (SSSR count). The van der Waals surface area contributed by atoms with Gasteiger partial charge >= 0.3 is 0 Å². The van der Waals surface area contributed by atoms with E-state index >= 15 is 0 Å². The summed E-state index contributed by atoms with van der Waals surface area (Å²) in [4.78, 5) is 14.9. The first kappa shape index (κ1) is 14.3. The predicted octanol–water partition coefficient (Wildman–Crippen LogP) is 2.13. The van der Waals surface area contributed by atoms with E-state index in [0.29, 0.717) is 12.5 Å². The maximum atomic E-state index is 12.7. The van der Waals surface area contributed by atoms with Crippen molar-refractivity contribution in [3.8, 4) is 0 Å². The first-order valence-electron chi connectivity index (χ1n) is 6.51. The smallest absolute Gasteiger partial charge is 0.223 e. The Morgan fingerprint density at radius 1 is 1.47 bits per heavy atom. The van der Waals surface area contributed by atoms with E-state index in [2.05, 4.69) is 5.32 Å². The number of halogens is 1. The van der Waals surface area contributed by atoms with Gasteiger partial charge in [-0.3, -0.25) is 4.79 Å². The number of hydrogen-bond donors (Lipinski definition) is 1. The quantitative estimate of drug-likeness (QED) is 0.840. The lowest BCUT2D eigenvalue weighted by atomic mass is 10.2. The molecule has 104 valence electrons. The molecule has 19 heavy (non-hydrogen) atoms. The van der Waals surface area contributed by atoms with E-state index in [4.69, 9.17) is 0 Å². The minimum atomic E-state index is -0.228. The molecular formula is C14H19FN2OS. The fourth-order valence-corrected chi connectivity index (χ4v) is 2.98. The van der Waals surface area contributed by atoms with Crippen LogP contribution in [0.2, 0.25) is 0 Å². The lowest BCUT2D eigenvalue weighted by Gasteiger charge is -2.23.